The Morgan fingerprint density at radius 3 is 2.50 bits per heavy atom. The lowest BCUT2D eigenvalue weighted by Crippen LogP contribution is -2.60. The fourth-order valence-electron chi connectivity index (χ4n) is 3.25. The van der Waals surface area contributed by atoms with Crippen LogP contribution in [0, 0.1) is 0 Å². The second kappa shape index (κ2) is 9.82. The third kappa shape index (κ3) is 4.80. The van der Waals surface area contributed by atoms with E-state index in [0.717, 1.165) is 0 Å². The van der Waals surface area contributed by atoms with Gasteiger partial charge in [0.15, 0.2) is 17.8 Å². The summed E-state index contributed by atoms with van der Waals surface area (Å²) in [5, 5.41) is 69.2. The summed E-state index contributed by atoms with van der Waals surface area (Å²) in [6, 6.07) is 3.63. The van der Waals surface area contributed by atoms with Gasteiger partial charge in [0.2, 0.25) is 6.29 Å². The zero-order chi connectivity index (χ0) is 23.6. The van der Waals surface area contributed by atoms with Crippen molar-refractivity contribution in [1.29, 1.82) is 0 Å². The third-order valence-corrected chi connectivity index (χ3v) is 5.31. The van der Waals surface area contributed by atoms with Crippen LogP contribution in [-0.4, -0.2) is 117 Å². The molecule has 13 nitrogen and oxygen atoms in total. The summed E-state index contributed by atoms with van der Waals surface area (Å²) in [6.45, 7) is -1.67. The lowest BCUT2D eigenvalue weighted by Gasteiger charge is -2.40. The molecule has 0 saturated carbocycles. The molecule has 7 N–H and O–H groups in total. The molecule has 0 unspecified atom stereocenters. The summed E-state index contributed by atoms with van der Waals surface area (Å²) in [7, 11) is 1.28. The first-order chi connectivity index (χ1) is 15.1. The first-order valence-electron chi connectivity index (χ1n) is 9.63. The summed E-state index contributed by atoms with van der Waals surface area (Å²) in [6.07, 6.45) is -11.2. The van der Waals surface area contributed by atoms with Gasteiger partial charge in [0.1, 0.15) is 36.1 Å². The van der Waals surface area contributed by atoms with E-state index < -0.39 is 74.5 Å². The van der Waals surface area contributed by atoms with Crippen LogP contribution >= 0.6 is 0 Å². The molecular formula is C19H26O13. The Kier molecular flexibility index (Phi) is 7.54. The van der Waals surface area contributed by atoms with Crippen LogP contribution in [0.5, 0.6) is 11.5 Å². The quantitative estimate of drug-likeness (QED) is 0.200. The topological polar surface area (TPSA) is 205 Å². The van der Waals surface area contributed by atoms with E-state index in [4.69, 9.17) is 28.8 Å². The number of aliphatic hydroxyl groups is 6. The van der Waals surface area contributed by atoms with E-state index in [2.05, 4.69) is 0 Å². The van der Waals surface area contributed by atoms with Crippen LogP contribution in [0.1, 0.15) is 10.4 Å². The number of aliphatic hydroxyl groups excluding tert-OH is 5. The zero-order valence-corrected chi connectivity index (χ0v) is 17.0. The molecule has 32 heavy (non-hydrogen) atoms. The Bertz CT molecular complexity index is 803. The van der Waals surface area contributed by atoms with E-state index in [-0.39, 0.29) is 17.1 Å². The number of hydrogen-bond acceptors (Lipinski definition) is 13. The van der Waals surface area contributed by atoms with Gasteiger partial charge in [0.05, 0.1) is 32.5 Å². The SMILES string of the molecule is COc1cc(C(=O)O[C@@H]2O[C@H](CO[C@@H]3OC[C@](O)(CO)[C@@H]3O)[C@@H](O)[C@H](O)[C@H]2O)ccc1O. The Balaban J connectivity index is 1.64. The average molecular weight is 462 g/mol. The van der Waals surface area contributed by atoms with Gasteiger partial charge in [-0.15, -0.1) is 0 Å². The largest absolute Gasteiger partial charge is 0.504 e. The van der Waals surface area contributed by atoms with Crippen LogP contribution < -0.4 is 4.74 Å². The molecule has 1 aromatic carbocycles. The first kappa shape index (κ1) is 24.6. The van der Waals surface area contributed by atoms with Gasteiger partial charge in [-0.3, -0.25) is 0 Å². The standard InChI is InChI=1S/C19H26O13/c1-28-10-4-8(2-3-9(10)21)16(26)32-17-14(24)13(23)12(22)11(31-17)5-29-18-15(25)19(27,6-20)7-30-18/h2-4,11-15,17-18,20-25,27H,5-7H2,1H3/t11-,12-,13+,14-,15-,17+,18-,19-/m1/s1. The summed E-state index contributed by atoms with van der Waals surface area (Å²) in [4.78, 5) is 12.4. The van der Waals surface area contributed by atoms with E-state index in [1.807, 2.05) is 0 Å². The molecule has 180 valence electrons. The molecule has 2 saturated heterocycles. The number of hydrogen-bond donors (Lipinski definition) is 7. The maximum atomic E-state index is 12.4. The second-order valence-corrected chi connectivity index (χ2v) is 7.53. The Morgan fingerprint density at radius 1 is 1.16 bits per heavy atom. The molecule has 0 radical (unpaired) electrons. The van der Waals surface area contributed by atoms with Crippen molar-refractivity contribution in [3.05, 3.63) is 23.8 Å². The van der Waals surface area contributed by atoms with E-state index in [9.17, 15) is 35.4 Å². The molecule has 0 amide bonds. The van der Waals surface area contributed by atoms with Crippen LogP contribution in [0.2, 0.25) is 0 Å². The molecule has 2 fully saturated rings. The van der Waals surface area contributed by atoms with Crippen LogP contribution in [-0.2, 0) is 18.9 Å². The Labute approximate surface area is 181 Å². The van der Waals surface area contributed by atoms with Gasteiger partial charge in [0.25, 0.3) is 0 Å². The smallest absolute Gasteiger partial charge is 0.340 e. The predicted molar refractivity (Wildman–Crippen MR) is 100 cm³/mol. The molecule has 2 aliphatic heterocycles. The molecule has 1 aromatic rings. The van der Waals surface area contributed by atoms with Crippen LogP contribution in [0.25, 0.3) is 0 Å². The molecular weight excluding hydrogens is 436 g/mol. The minimum atomic E-state index is -1.92. The summed E-state index contributed by atoms with van der Waals surface area (Å²) in [5.74, 6) is -1.18. The summed E-state index contributed by atoms with van der Waals surface area (Å²) < 4.78 is 25.7. The van der Waals surface area contributed by atoms with Gasteiger partial charge in [0, 0.05) is 0 Å². The number of aromatic hydroxyl groups is 1. The number of esters is 1. The Hall–Kier alpha value is -2.07. The number of ether oxygens (including phenoxy) is 5. The molecule has 0 spiro atoms. The number of benzene rings is 1. The number of phenolic OH excluding ortho intramolecular Hbond substituents is 1. The number of carbonyl (C=O) groups excluding carboxylic acids is 1. The highest BCUT2D eigenvalue weighted by molar-refractivity contribution is 5.90. The maximum absolute atomic E-state index is 12.4. The second-order valence-electron chi connectivity index (χ2n) is 7.53. The van der Waals surface area contributed by atoms with Gasteiger partial charge in [-0.25, -0.2) is 4.79 Å². The minimum Gasteiger partial charge on any atom is -0.504 e. The number of methoxy groups -OCH3 is 1. The van der Waals surface area contributed by atoms with Gasteiger partial charge in [-0.1, -0.05) is 0 Å². The van der Waals surface area contributed by atoms with Gasteiger partial charge < -0.3 is 59.4 Å². The minimum absolute atomic E-state index is 0.00394. The van der Waals surface area contributed by atoms with E-state index in [1.165, 1.54) is 25.3 Å². The van der Waals surface area contributed by atoms with Crippen molar-refractivity contribution in [2.75, 3.05) is 26.9 Å². The van der Waals surface area contributed by atoms with Crippen LogP contribution in [0.15, 0.2) is 18.2 Å². The monoisotopic (exact) mass is 462 g/mol. The van der Waals surface area contributed by atoms with Crippen LogP contribution in [0.3, 0.4) is 0 Å². The number of carbonyl (C=O) groups is 1. The number of rotatable bonds is 7. The highest BCUT2D eigenvalue weighted by atomic mass is 16.7. The molecule has 8 atom stereocenters. The van der Waals surface area contributed by atoms with Gasteiger partial charge in [-0.05, 0) is 18.2 Å². The highest BCUT2D eigenvalue weighted by Gasteiger charge is 2.50. The fraction of sp³-hybridized carbons (Fsp3) is 0.632. The highest BCUT2D eigenvalue weighted by Crippen LogP contribution is 2.29. The maximum Gasteiger partial charge on any atom is 0.340 e. The van der Waals surface area contributed by atoms with Crippen molar-refractivity contribution >= 4 is 5.97 Å². The van der Waals surface area contributed by atoms with E-state index in [0.29, 0.717) is 0 Å². The molecule has 0 aliphatic carbocycles. The molecule has 0 bridgehead atoms. The van der Waals surface area contributed by atoms with E-state index in [1.54, 1.807) is 0 Å². The van der Waals surface area contributed by atoms with Crippen molar-refractivity contribution < 1.29 is 64.2 Å². The normalized spacial score (nSPS) is 37.3. The predicted octanol–water partition coefficient (Wildman–Crippen LogP) is -3.18. The summed E-state index contributed by atoms with van der Waals surface area (Å²) >= 11 is 0. The fourth-order valence-corrected chi connectivity index (χ4v) is 3.25. The average Bonchev–Trinajstić information content (AvgIpc) is 3.07. The Morgan fingerprint density at radius 2 is 1.88 bits per heavy atom. The van der Waals surface area contributed by atoms with Crippen LogP contribution in [0.4, 0.5) is 0 Å². The zero-order valence-electron chi connectivity index (χ0n) is 17.0. The molecule has 2 aliphatic rings. The molecule has 3 rings (SSSR count). The molecule has 2 heterocycles. The van der Waals surface area contributed by atoms with Gasteiger partial charge in [-0.2, -0.15) is 0 Å². The lowest BCUT2D eigenvalue weighted by atomic mass is 9.99. The van der Waals surface area contributed by atoms with Crippen molar-refractivity contribution in [3.8, 4) is 11.5 Å². The summed E-state index contributed by atoms with van der Waals surface area (Å²) in [5.41, 5.74) is -1.97. The van der Waals surface area contributed by atoms with Crippen molar-refractivity contribution in [2.24, 2.45) is 0 Å². The first-order valence-corrected chi connectivity index (χ1v) is 9.63. The van der Waals surface area contributed by atoms with Crippen molar-refractivity contribution in [3.63, 3.8) is 0 Å². The van der Waals surface area contributed by atoms with Crippen molar-refractivity contribution in [1.82, 2.24) is 0 Å². The molecule has 13 heteroatoms. The van der Waals surface area contributed by atoms with E-state index >= 15 is 0 Å². The number of phenols is 1. The van der Waals surface area contributed by atoms with Crippen molar-refractivity contribution in [2.45, 2.75) is 48.7 Å². The lowest BCUT2D eigenvalue weighted by molar-refractivity contribution is -0.295. The van der Waals surface area contributed by atoms with Gasteiger partial charge >= 0.3 is 5.97 Å². The molecule has 0 aromatic heterocycles. The third-order valence-electron chi connectivity index (χ3n) is 5.31.